The quantitative estimate of drug-likeness (QED) is 0.293. The minimum atomic E-state index is -0.807. The first-order valence-corrected chi connectivity index (χ1v) is 12.6. The number of carbonyl (C=O) groups excluding carboxylic acids is 3. The lowest BCUT2D eigenvalue weighted by atomic mass is 9.98. The first-order valence-electron chi connectivity index (χ1n) is 11.8. The van der Waals surface area contributed by atoms with Crippen molar-refractivity contribution in [3.8, 4) is 11.5 Å². The molecule has 1 N–H and O–H groups in total. The second-order valence-corrected chi connectivity index (χ2v) is 9.60. The summed E-state index contributed by atoms with van der Waals surface area (Å²) in [5.41, 5.74) is 5.19. The van der Waals surface area contributed by atoms with Crippen LogP contribution < -0.4 is 19.7 Å². The van der Waals surface area contributed by atoms with Gasteiger partial charge in [0.1, 0.15) is 17.1 Å². The van der Waals surface area contributed by atoms with Gasteiger partial charge in [-0.3, -0.25) is 14.9 Å². The van der Waals surface area contributed by atoms with Gasteiger partial charge in [0.15, 0.2) is 0 Å². The van der Waals surface area contributed by atoms with E-state index in [0.29, 0.717) is 35.8 Å². The normalized spacial score (nSPS) is 14.7. The van der Waals surface area contributed by atoms with Crippen molar-refractivity contribution in [2.75, 3.05) is 18.6 Å². The molecule has 1 aliphatic rings. The van der Waals surface area contributed by atoms with Crippen molar-refractivity contribution in [1.82, 2.24) is 5.32 Å². The molecule has 0 aliphatic carbocycles. The fourth-order valence-corrected chi connectivity index (χ4v) is 4.96. The van der Waals surface area contributed by atoms with Gasteiger partial charge in [0.25, 0.3) is 11.8 Å². The number of nitrogens with one attached hydrogen (secondary N) is 1. The van der Waals surface area contributed by atoms with E-state index in [1.807, 2.05) is 13.0 Å². The van der Waals surface area contributed by atoms with E-state index in [1.165, 1.54) is 17.2 Å². The van der Waals surface area contributed by atoms with E-state index in [1.54, 1.807) is 37.4 Å². The highest BCUT2D eigenvalue weighted by molar-refractivity contribution is 9.10. The van der Waals surface area contributed by atoms with Crippen LogP contribution in [0.5, 0.6) is 11.5 Å². The molecule has 3 aromatic rings. The third-order valence-electron chi connectivity index (χ3n) is 5.88. The summed E-state index contributed by atoms with van der Waals surface area (Å²) in [6.45, 7) is 6.48. The molecule has 1 aliphatic heterocycles. The summed E-state index contributed by atoms with van der Waals surface area (Å²) in [5.74, 6) is -0.247. The predicted molar refractivity (Wildman–Crippen MR) is 146 cm³/mol. The van der Waals surface area contributed by atoms with Gasteiger partial charge in [-0.05, 0) is 74.4 Å². The highest BCUT2D eigenvalue weighted by Crippen LogP contribution is 2.33. The lowest BCUT2D eigenvalue weighted by Crippen LogP contribution is -2.54. The van der Waals surface area contributed by atoms with Crippen molar-refractivity contribution in [2.45, 2.75) is 27.2 Å². The second-order valence-electron chi connectivity index (χ2n) is 8.74. The molecule has 3 aromatic carbocycles. The molecule has 4 rings (SSSR count). The number of barbiturate groups is 1. The lowest BCUT2D eigenvalue weighted by Gasteiger charge is -2.26. The molecule has 37 heavy (non-hydrogen) atoms. The van der Waals surface area contributed by atoms with Crippen molar-refractivity contribution in [3.05, 3.63) is 92.5 Å². The largest absolute Gasteiger partial charge is 0.496 e. The van der Waals surface area contributed by atoms with Crippen LogP contribution in [-0.4, -0.2) is 31.6 Å². The number of ether oxygens (including phenoxy) is 2. The molecule has 0 unspecified atom stereocenters. The molecule has 0 radical (unpaired) electrons. The van der Waals surface area contributed by atoms with Crippen molar-refractivity contribution >= 4 is 45.5 Å². The number of hydrogen-bond donors (Lipinski definition) is 1. The third-order valence-corrected chi connectivity index (χ3v) is 6.59. The van der Waals surface area contributed by atoms with Crippen molar-refractivity contribution in [1.29, 1.82) is 0 Å². The van der Waals surface area contributed by atoms with E-state index in [9.17, 15) is 14.4 Å². The van der Waals surface area contributed by atoms with Crippen LogP contribution in [0.25, 0.3) is 6.08 Å². The fourth-order valence-electron chi connectivity index (χ4n) is 4.36. The van der Waals surface area contributed by atoms with Crippen LogP contribution in [-0.2, 0) is 16.0 Å². The lowest BCUT2D eigenvalue weighted by molar-refractivity contribution is -0.122. The molecule has 7 nitrogen and oxygen atoms in total. The number of imide groups is 2. The zero-order chi connectivity index (χ0) is 26.7. The molecule has 1 fully saturated rings. The molecular formula is C29H27BrN2O5. The maximum atomic E-state index is 13.3. The van der Waals surface area contributed by atoms with Crippen molar-refractivity contribution in [3.63, 3.8) is 0 Å². The van der Waals surface area contributed by atoms with E-state index in [-0.39, 0.29) is 5.57 Å². The predicted octanol–water partition coefficient (Wildman–Crippen LogP) is 5.73. The zero-order valence-electron chi connectivity index (χ0n) is 21.1. The van der Waals surface area contributed by atoms with Crippen LogP contribution in [0.2, 0.25) is 0 Å². The molecule has 0 aromatic heterocycles. The Morgan fingerprint density at radius 2 is 1.65 bits per heavy atom. The number of benzene rings is 3. The van der Waals surface area contributed by atoms with Crippen LogP contribution in [0.15, 0.2) is 64.6 Å². The number of rotatable bonds is 7. The minimum absolute atomic E-state index is 0.163. The molecular weight excluding hydrogens is 536 g/mol. The van der Waals surface area contributed by atoms with Gasteiger partial charge in [0, 0.05) is 16.5 Å². The van der Waals surface area contributed by atoms with Crippen LogP contribution in [0.1, 0.15) is 34.7 Å². The summed E-state index contributed by atoms with van der Waals surface area (Å²) in [7, 11) is 1.58. The van der Waals surface area contributed by atoms with E-state index >= 15 is 0 Å². The number of methoxy groups -OCH3 is 1. The SMILES string of the molecule is CCOc1ccc(N2C(=O)NC(=O)/C(=C\c3cc(Br)c(Cc4cc(C)cc(C)c4)c(OC)c3)C2=O)cc1. The smallest absolute Gasteiger partial charge is 0.335 e. The molecule has 0 atom stereocenters. The summed E-state index contributed by atoms with van der Waals surface area (Å²) in [4.78, 5) is 39.4. The van der Waals surface area contributed by atoms with Crippen LogP contribution >= 0.6 is 15.9 Å². The standard InChI is InChI=1S/C29H27BrN2O5/c1-5-37-22-8-6-21(7-9-22)32-28(34)24(27(33)31-29(32)35)14-20-15-25(30)23(26(16-20)36-4)13-19-11-17(2)10-18(3)12-19/h6-12,14-16H,5,13H2,1-4H3,(H,31,33,35)/b24-14+. The van der Waals surface area contributed by atoms with Gasteiger partial charge in [0.05, 0.1) is 19.4 Å². The Kier molecular flexibility index (Phi) is 7.78. The molecule has 4 amide bonds. The van der Waals surface area contributed by atoms with Crippen LogP contribution in [0.3, 0.4) is 0 Å². The third kappa shape index (κ3) is 5.75. The molecule has 1 heterocycles. The molecule has 0 saturated carbocycles. The number of nitrogens with zero attached hydrogens (tertiary/aromatic N) is 1. The highest BCUT2D eigenvalue weighted by atomic mass is 79.9. The Bertz CT molecular complexity index is 1390. The van der Waals surface area contributed by atoms with Gasteiger partial charge in [-0.2, -0.15) is 0 Å². The Morgan fingerprint density at radius 3 is 2.27 bits per heavy atom. The highest BCUT2D eigenvalue weighted by Gasteiger charge is 2.36. The van der Waals surface area contributed by atoms with E-state index in [4.69, 9.17) is 9.47 Å². The maximum Gasteiger partial charge on any atom is 0.335 e. The van der Waals surface area contributed by atoms with E-state index in [0.717, 1.165) is 20.5 Å². The maximum absolute atomic E-state index is 13.3. The van der Waals surface area contributed by atoms with Gasteiger partial charge in [0.2, 0.25) is 0 Å². The van der Waals surface area contributed by atoms with Gasteiger partial charge in [-0.1, -0.05) is 45.3 Å². The summed E-state index contributed by atoms with van der Waals surface area (Å²) in [6, 6.07) is 15.7. The molecule has 8 heteroatoms. The molecule has 0 spiro atoms. The molecule has 190 valence electrons. The van der Waals surface area contributed by atoms with Crippen molar-refractivity contribution in [2.24, 2.45) is 0 Å². The van der Waals surface area contributed by atoms with Gasteiger partial charge >= 0.3 is 6.03 Å². The van der Waals surface area contributed by atoms with Crippen LogP contribution in [0.4, 0.5) is 10.5 Å². The van der Waals surface area contributed by atoms with Gasteiger partial charge in [-0.15, -0.1) is 0 Å². The van der Waals surface area contributed by atoms with E-state index in [2.05, 4.69) is 53.3 Å². The van der Waals surface area contributed by atoms with E-state index < -0.39 is 17.8 Å². The number of aryl methyl sites for hydroxylation is 2. The zero-order valence-corrected chi connectivity index (χ0v) is 22.6. The van der Waals surface area contributed by atoms with Crippen molar-refractivity contribution < 1.29 is 23.9 Å². The second kappa shape index (κ2) is 11.0. The monoisotopic (exact) mass is 562 g/mol. The summed E-state index contributed by atoms with van der Waals surface area (Å²) in [6.07, 6.45) is 2.10. The van der Waals surface area contributed by atoms with Gasteiger partial charge < -0.3 is 9.47 Å². The average Bonchev–Trinajstić information content (AvgIpc) is 2.83. The summed E-state index contributed by atoms with van der Waals surface area (Å²) < 4.78 is 11.9. The number of hydrogen-bond acceptors (Lipinski definition) is 5. The Hall–Kier alpha value is -3.91. The first-order chi connectivity index (χ1) is 17.7. The molecule has 1 saturated heterocycles. The number of anilines is 1. The summed E-state index contributed by atoms with van der Waals surface area (Å²) in [5, 5.41) is 2.25. The minimum Gasteiger partial charge on any atom is -0.496 e. The Labute approximate surface area is 224 Å². The number of amides is 4. The summed E-state index contributed by atoms with van der Waals surface area (Å²) >= 11 is 3.63. The molecule has 0 bridgehead atoms. The number of halogens is 1. The average molecular weight is 563 g/mol. The van der Waals surface area contributed by atoms with Crippen LogP contribution in [0, 0.1) is 13.8 Å². The number of carbonyl (C=O) groups is 3. The number of urea groups is 1. The Morgan fingerprint density at radius 1 is 0.973 bits per heavy atom. The Balaban J connectivity index is 1.67. The first kappa shape index (κ1) is 26.2. The topological polar surface area (TPSA) is 84.9 Å². The fraction of sp³-hybridized carbons (Fsp3) is 0.207. The van der Waals surface area contributed by atoms with Gasteiger partial charge in [-0.25, -0.2) is 9.69 Å².